The summed E-state index contributed by atoms with van der Waals surface area (Å²) in [6.07, 6.45) is 8.88. The maximum Gasteiger partial charge on any atom is 0.227 e. The van der Waals surface area contributed by atoms with E-state index in [9.17, 15) is 4.79 Å². The van der Waals surface area contributed by atoms with Gasteiger partial charge in [-0.2, -0.15) is 0 Å². The monoisotopic (exact) mass is 390 g/mol. The molecular weight excluding hydrogens is 360 g/mol. The van der Waals surface area contributed by atoms with E-state index in [0.717, 1.165) is 88.3 Å². The minimum absolute atomic E-state index is 0.106. The first-order chi connectivity index (χ1) is 14.3. The number of aryl methyl sites for hydroxylation is 1. The number of benzene rings is 1. The molecule has 29 heavy (non-hydrogen) atoms. The van der Waals surface area contributed by atoms with Gasteiger partial charge in [-0.3, -0.25) is 4.79 Å². The molecule has 0 radical (unpaired) electrons. The van der Waals surface area contributed by atoms with Crippen molar-refractivity contribution in [1.29, 1.82) is 0 Å². The summed E-state index contributed by atoms with van der Waals surface area (Å²) in [4.78, 5) is 27.5. The fourth-order valence-corrected chi connectivity index (χ4v) is 5.13. The summed E-state index contributed by atoms with van der Waals surface area (Å²) in [7, 11) is 0. The highest BCUT2D eigenvalue weighted by Crippen LogP contribution is 2.34. The van der Waals surface area contributed by atoms with E-state index in [4.69, 9.17) is 9.97 Å². The van der Waals surface area contributed by atoms with Gasteiger partial charge >= 0.3 is 0 Å². The number of piperidine rings is 2. The lowest BCUT2D eigenvalue weighted by molar-refractivity contribution is -0.136. The van der Waals surface area contributed by atoms with Crippen molar-refractivity contribution in [2.24, 2.45) is 5.92 Å². The zero-order valence-electron chi connectivity index (χ0n) is 17.1. The summed E-state index contributed by atoms with van der Waals surface area (Å²) >= 11 is 0. The van der Waals surface area contributed by atoms with E-state index in [-0.39, 0.29) is 5.92 Å². The molecule has 0 saturated carbocycles. The van der Waals surface area contributed by atoms with Crippen LogP contribution in [-0.4, -0.2) is 47.0 Å². The molecule has 0 bridgehead atoms. The van der Waals surface area contributed by atoms with Gasteiger partial charge in [0.2, 0.25) is 5.91 Å². The van der Waals surface area contributed by atoms with Crippen LogP contribution < -0.4 is 4.90 Å². The highest BCUT2D eigenvalue weighted by molar-refractivity contribution is 5.80. The molecule has 5 heteroatoms. The van der Waals surface area contributed by atoms with E-state index in [2.05, 4.69) is 21.9 Å². The number of hydrogen-bond donors (Lipinski definition) is 0. The van der Waals surface area contributed by atoms with Crippen LogP contribution in [0.5, 0.6) is 0 Å². The van der Waals surface area contributed by atoms with Gasteiger partial charge in [-0.05, 0) is 51.4 Å². The molecule has 3 heterocycles. The van der Waals surface area contributed by atoms with Gasteiger partial charge in [0, 0.05) is 43.0 Å². The topological polar surface area (TPSA) is 49.3 Å². The molecule has 152 valence electrons. The predicted molar refractivity (Wildman–Crippen MR) is 115 cm³/mol. The Bertz CT molecular complexity index is 876. The second-order valence-corrected chi connectivity index (χ2v) is 8.69. The number of carbonyl (C=O) groups is 1. The second kappa shape index (κ2) is 8.13. The van der Waals surface area contributed by atoms with Gasteiger partial charge in [0.25, 0.3) is 0 Å². The van der Waals surface area contributed by atoms with E-state index in [1.54, 1.807) is 0 Å². The summed E-state index contributed by atoms with van der Waals surface area (Å²) < 4.78 is 0. The van der Waals surface area contributed by atoms with E-state index in [1.807, 2.05) is 18.2 Å². The molecule has 0 N–H and O–H groups in total. The van der Waals surface area contributed by atoms with Crippen LogP contribution in [0.25, 0.3) is 11.4 Å². The Balaban J connectivity index is 1.42. The summed E-state index contributed by atoms with van der Waals surface area (Å²) in [6, 6.07) is 10.3. The molecule has 1 amide bonds. The number of nitrogens with zero attached hydrogens (tertiary/aromatic N) is 4. The van der Waals surface area contributed by atoms with Crippen LogP contribution in [-0.2, 0) is 17.6 Å². The fraction of sp³-hybridized carbons (Fsp3) is 0.542. The second-order valence-electron chi connectivity index (χ2n) is 8.69. The largest absolute Gasteiger partial charge is 0.355 e. The van der Waals surface area contributed by atoms with Crippen molar-refractivity contribution < 1.29 is 4.79 Å². The zero-order chi connectivity index (χ0) is 19.6. The Hall–Kier alpha value is -2.43. The van der Waals surface area contributed by atoms with Gasteiger partial charge in [0.15, 0.2) is 5.82 Å². The van der Waals surface area contributed by atoms with Crippen molar-refractivity contribution in [3.05, 3.63) is 41.6 Å². The molecule has 1 aromatic heterocycles. The number of likely N-dealkylation sites (tertiary alicyclic amines) is 1. The molecule has 2 aliphatic heterocycles. The van der Waals surface area contributed by atoms with Gasteiger partial charge in [-0.25, -0.2) is 9.97 Å². The van der Waals surface area contributed by atoms with Crippen molar-refractivity contribution in [3.63, 3.8) is 0 Å². The van der Waals surface area contributed by atoms with Crippen molar-refractivity contribution in [1.82, 2.24) is 14.9 Å². The highest BCUT2D eigenvalue weighted by Gasteiger charge is 2.32. The third-order valence-corrected chi connectivity index (χ3v) is 6.68. The zero-order valence-corrected chi connectivity index (χ0v) is 17.1. The maximum atomic E-state index is 13.1. The molecule has 1 atom stereocenters. The van der Waals surface area contributed by atoms with Crippen molar-refractivity contribution in [2.45, 2.75) is 51.4 Å². The van der Waals surface area contributed by atoms with E-state index < -0.39 is 0 Å². The van der Waals surface area contributed by atoms with Crippen LogP contribution in [0.2, 0.25) is 0 Å². The first-order valence-corrected chi connectivity index (χ1v) is 11.3. The summed E-state index contributed by atoms with van der Waals surface area (Å²) in [6.45, 7) is 3.67. The Kier molecular flexibility index (Phi) is 5.21. The SMILES string of the molecule is O=C(C1CCCN(c2nc(-c3ccccc3)nc3c2CCC3)C1)N1CCCCC1. The van der Waals surface area contributed by atoms with Gasteiger partial charge < -0.3 is 9.80 Å². The van der Waals surface area contributed by atoms with Crippen LogP contribution in [0, 0.1) is 5.92 Å². The van der Waals surface area contributed by atoms with E-state index >= 15 is 0 Å². The van der Waals surface area contributed by atoms with E-state index in [1.165, 1.54) is 17.7 Å². The number of rotatable bonds is 3. The number of amides is 1. The van der Waals surface area contributed by atoms with Crippen LogP contribution in [0.15, 0.2) is 30.3 Å². The summed E-state index contributed by atoms with van der Waals surface area (Å²) in [5.74, 6) is 2.38. The first kappa shape index (κ1) is 18.6. The third-order valence-electron chi connectivity index (χ3n) is 6.68. The number of fused-ring (bicyclic) bond motifs is 1. The predicted octanol–water partition coefficient (Wildman–Crippen LogP) is 3.86. The number of aromatic nitrogens is 2. The highest BCUT2D eigenvalue weighted by atomic mass is 16.2. The molecule has 5 rings (SSSR count). The number of anilines is 1. The van der Waals surface area contributed by atoms with Gasteiger partial charge in [-0.1, -0.05) is 30.3 Å². The van der Waals surface area contributed by atoms with Gasteiger partial charge in [0.05, 0.1) is 5.92 Å². The van der Waals surface area contributed by atoms with Gasteiger partial charge in [-0.15, -0.1) is 0 Å². The molecule has 2 aromatic rings. The number of hydrogen-bond acceptors (Lipinski definition) is 4. The van der Waals surface area contributed by atoms with Crippen molar-refractivity contribution >= 4 is 11.7 Å². The maximum absolute atomic E-state index is 13.1. The Morgan fingerprint density at radius 1 is 0.897 bits per heavy atom. The quantitative estimate of drug-likeness (QED) is 0.798. The molecule has 2 saturated heterocycles. The molecule has 1 aromatic carbocycles. The van der Waals surface area contributed by atoms with Crippen LogP contribution in [0.4, 0.5) is 5.82 Å². The van der Waals surface area contributed by atoms with Crippen molar-refractivity contribution in [3.8, 4) is 11.4 Å². The Labute approximate surface area is 173 Å². The van der Waals surface area contributed by atoms with Crippen LogP contribution >= 0.6 is 0 Å². The lowest BCUT2D eigenvalue weighted by Crippen LogP contribution is -2.46. The van der Waals surface area contributed by atoms with Crippen molar-refractivity contribution in [2.75, 3.05) is 31.1 Å². The first-order valence-electron chi connectivity index (χ1n) is 11.3. The number of carbonyl (C=O) groups excluding carboxylic acids is 1. The Morgan fingerprint density at radius 3 is 2.55 bits per heavy atom. The minimum atomic E-state index is 0.106. The smallest absolute Gasteiger partial charge is 0.227 e. The molecule has 1 aliphatic carbocycles. The molecule has 2 fully saturated rings. The lowest BCUT2D eigenvalue weighted by Gasteiger charge is -2.37. The molecular formula is C24H30N4O. The standard InChI is InChI=1S/C24H30N4O/c29-24(27-14-5-2-6-15-27)19-11-8-16-28(17-19)23-20-12-7-13-21(20)25-22(26-23)18-9-3-1-4-10-18/h1,3-4,9-10,19H,2,5-8,11-17H2. The lowest BCUT2D eigenvalue weighted by atomic mass is 9.95. The molecule has 3 aliphatic rings. The van der Waals surface area contributed by atoms with Crippen LogP contribution in [0.1, 0.15) is 49.8 Å². The minimum Gasteiger partial charge on any atom is -0.355 e. The average Bonchev–Trinajstić information content (AvgIpc) is 3.28. The van der Waals surface area contributed by atoms with Crippen LogP contribution in [0.3, 0.4) is 0 Å². The third kappa shape index (κ3) is 3.75. The molecule has 5 nitrogen and oxygen atoms in total. The normalized spacial score (nSPS) is 21.9. The van der Waals surface area contributed by atoms with Gasteiger partial charge in [0.1, 0.15) is 5.82 Å². The fourth-order valence-electron chi connectivity index (χ4n) is 5.13. The average molecular weight is 391 g/mol. The Morgan fingerprint density at radius 2 is 1.72 bits per heavy atom. The van der Waals surface area contributed by atoms with E-state index in [0.29, 0.717) is 5.91 Å². The summed E-state index contributed by atoms with van der Waals surface area (Å²) in [5.41, 5.74) is 3.59. The molecule has 1 unspecified atom stereocenters. The summed E-state index contributed by atoms with van der Waals surface area (Å²) in [5, 5.41) is 0. The molecule has 0 spiro atoms.